The monoisotopic (exact) mass is 352 g/mol. The van der Waals surface area contributed by atoms with Crippen molar-refractivity contribution in [3.05, 3.63) is 33.3 Å². The molecule has 0 amide bonds. The molecule has 0 spiro atoms. The molecule has 0 bridgehead atoms. The average Bonchev–Trinajstić information content (AvgIpc) is 2.90. The summed E-state index contributed by atoms with van der Waals surface area (Å²) in [6.45, 7) is 5.10. The number of carbonyl (C=O) groups is 1. The Kier molecular flexibility index (Phi) is 3.49. The van der Waals surface area contributed by atoms with E-state index < -0.39 is 0 Å². The summed E-state index contributed by atoms with van der Waals surface area (Å²) < 4.78 is 12.1. The number of nitrogens with one attached hydrogen (secondary N) is 1. The SMILES string of the molecule is O=C1OCc2c1ccc([C@H]1CN3CCNC[C@H]3CO1)c2Br. The van der Waals surface area contributed by atoms with Crippen LogP contribution < -0.4 is 5.32 Å². The van der Waals surface area contributed by atoms with E-state index in [1.54, 1.807) is 0 Å². The third-order valence-corrected chi connectivity index (χ3v) is 5.49. The molecule has 0 radical (unpaired) electrons. The van der Waals surface area contributed by atoms with Gasteiger partial charge in [0.15, 0.2) is 0 Å². The third kappa shape index (κ3) is 2.30. The topological polar surface area (TPSA) is 50.8 Å². The number of benzene rings is 1. The van der Waals surface area contributed by atoms with E-state index in [-0.39, 0.29) is 12.1 Å². The summed E-state index contributed by atoms with van der Waals surface area (Å²) in [4.78, 5) is 14.1. The van der Waals surface area contributed by atoms with Gasteiger partial charge in [-0.25, -0.2) is 4.79 Å². The maximum absolute atomic E-state index is 11.6. The van der Waals surface area contributed by atoms with Crippen LogP contribution in [0.25, 0.3) is 0 Å². The van der Waals surface area contributed by atoms with Crippen LogP contribution in [0.3, 0.4) is 0 Å². The second-order valence-electron chi connectivity index (χ2n) is 5.75. The predicted octanol–water partition coefficient (Wildman–Crippen LogP) is 1.46. The van der Waals surface area contributed by atoms with Crippen LogP contribution in [-0.2, 0) is 16.1 Å². The lowest BCUT2D eigenvalue weighted by atomic mass is 10.00. The summed E-state index contributed by atoms with van der Waals surface area (Å²) in [6.07, 6.45) is 0.0507. The van der Waals surface area contributed by atoms with Gasteiger partial charge in [-0.3, -0.25) is 4.90 Å². The molecule has 1 aromatic carbocycles. The fourth-order valence-electron chi connectivity index (χ4n) is 3.32. The molecule has 0 unspecified atom stereocenters. The Morgan fingerprint density at radius 2 is 2.29 bits per heavy atom. The summed E-state index contributed by atoms with van der Waals surface area (Å²) >= 11 is 3.64. The minimum atomic E-state index is -0.232. The Morgan fingerprint density at radius 1 is 1.38 bits per heavy atom. The molecule has 0 saturated carbocycles. The van der Waals surface area contributed by atoms with Crippen LogP contribution in [0.15, 0.2) is 16.6 Å². The van der Waals surface area contributed by atoms with Crippen molar-refractivity contribution < 1.29 is 14.3 Å². The minimum Gasteiger partial charge on any atom is -0.457 e. The van der Waals surface area contributed by atoms with E-state index in [0.717, 1.165) is 48.4 Å². The number of hydrogen-bond donors (Lipinski definition) is 1. The number of carbonyl (C=O) groups excluding carboxylic acids is 1. The number of ether oxygens (including phenoxy) is 2. The number of fused-ring (bicyclic) bond motifs is 2. The molecular formula is C15H17BrN2O3. The molecule has 1 N–H and O–H groups in total. The van der Waals surface area contributed by atoms with Crippen LogP contribution in [0.5, 0.6) is 0 Å². The summed E-state index contributed by atoms with van der Waals surface area (Å²) in [5, 5.41) is 3.40. The van der Waals surface area contributed by atoms with Crippen molar-refractivity contribution >= 4 is 21.9 Å². The number of cyclic esters (lactones) is 1. The van der Waals surface area contributed by atoms with Crippen LogP contribution in [0.1, 0.15) is 27.6 Å². The first-order chi connectivity index (χ1) is 10.2. The van der Waals surface area contributed by atoms with Crippen molar-refractivity contribution in [1.82, 2.24) is 10.2 Å². The van der Waals surface area contributed by atoms with Crippen LogP contribution in [0.4, 0.5) is 0 Å². The molecule has 0 aliphatic carbocycles. The quantitative estimate of drug-likeness (QED) is 0.775. The Labute approximate surface area is 131 Å². The highest BCUT2D eigenvalue weighted by Crippen LogP contribution is 2.36. The number of piperazine rings is 1. The normalized spacial score (nSPS) is 28.9. The lowest BCUT2D eigenvalue weighted by Crippen LogP contribution is -2.57. The van der Waals surface area contributed by atoms with Crippen LogP contribution >= 0.6 is 15.9 Å². The zero-order chi connectivity index (χ0) is 14.4. The van der Waals surface area contributed by atoms with E-state index in [9.17, 15) is 4.79 Å². The van der Waals surface area contributed by atoms with Gasteiger partial charge < -0.3 is 14.8 Å². The van der Waals surface area contributed by atoms with Crippen molar-refractivity contribution in [2.45, 2.75) is 18.8 Å². The maximum atomic E-state index is 11.6. The molecular weight excluding hydrogens is 336 g/mol. The van der Waals surface area contributed by atoms with E-state index in [2.05, 4.69) is 26.1 Å². The molecule has 1 aromatic rings. The fraction of sp³-hybridized carbons (Fsp3) is 0.533. The van der Waals surface area contributed by atoms with Crippen LogP contribution in [-0.4, -0.2) is 49.7 Å². The van der Waals surface area contributed by atoms with Gasteiger partial charge in [0.25, 0.3) is 0 Å². The lowest BCUT2D eigenvalue weighted by molar-refractivity contribution is -0.0720. The maximum Gasteiger partial charge on any atom is 0.338 e. The van der Waals surface area contributed by atoms with Gasteiger partial charge >= 0.3 is 5.97 Å². The van der Waals surface area contributed by atoms with Gasteiger partial charge in [0.1, 0.15) is 6.61 Å². The Balaban J connectivity index is 1.61. The van der Waals surface area contributed by atoms with Crippen molar-refractivity contribution in [3.8, 4) is 0 Å². The number of hydrogen-bond acceptors (Lipinski definition) is 5. The van der Waals surface area contributed by atoms with Gasteiger partial charge in [0.2, 0.25) is 0 Å². The van der Waals surface area contributed by atoms with E-state index in [4.69, 9.17) is 9.47 Å². The lowest BCUT2D eigenvalue weighted by Gasteiger charge is -2.43. The molecule has 3 aliphatic rings. The van der Waals surface area contributed by atoms with E-state index in [1.165, 1.54) is 0 Å². The number of nitrogens with zero attached hydrogens (tertiary/aromatic N) is 1. The molecule has 2 atom stereocenters. The smallest absolute Gasteiger partial charge is 0.338 e. The fourth-order valence-corrected chi connectivity index (χ4v) is 4.04. The van der Waals surface area contributed by atoms with Crippen LogP contribution in [0, 0.1) is 0 Å². The highest BCUT2D eigenvalue weighted by molar-refractivity contribution is 9.10. The second kappa shape index (κ2) is 5.35. The third-order valence-electron chi connectivity index (χ3n) is 4.55. The number of rotatable bonds is 1. The van der Waals surface area contributed by atoms with Crippen molar-refractivity contribution in [2.24, 2.45) is 0 Å². The van der Waals surface area contributed by atoms with Gasteiger partial charge in [-0.2, -0.15) is 0 Å². The molecule has 21 heavy (non-hydrogen) atoms. The highest BCUT2D eigenvalue weighted by Gasteiger charge is 2.34. The van der Waals surface area contributed by atoms with E-state index >= 15 is 0 Å². The first-order valence-corrected chi connectivity index (χ1v) is 8.08. The molecule has 2 saturated heterocycles. The van der Waals surface area contributed by atoms with Crippen molar-refractivity contribution in [3.63, 3.8) is 0 Å². The minimum absolute atomic E-state index is 0.0507. The first-order valence-electron chi connectivity index (χ1n) is 7.29. The highest BCUT2D eigenvalue weighted by atomic mass is 79.9. The van der Waals surface area contributed by atoms with Gasteiger partial charge in [0.05, 0.1) is 18.3 Å². The summed E-state index contributed by atoms with van der Waals surface area (Å²) in [5.41, 5.74) is 2.73. The standard InChI is InChI=1S/C15H17BrN2O3/c16-14-11(2-1-10-12(14)8-21-15(10)19)13-6-18-4-3-17-5-9(18)7-20-13/h1-2,9,13,17H,3-8H2/t9-,13+/m0/s1. The second-order valence-corrected chi connectivity index (χ2v) is 6.54. The molecule has 5 nitrogen and oxygen atoms in total. The zero-order valence-corrected chi connectivity index (χ0v) is 13.2. The Bertz CT molecular complexity index is 593. The molecule has 0 aromatic heterocycles. The first kappa shape index (κ1) is 13.7. The van der Waals surface area contributed by atoms with Gasteiger partial charge in [0, 0.05) is 42.3 Å². The van der Waals surface area contributed by atoms with E-state index in [0.29, 0.717) is 18.2 Å². The van der Waals surface area contributed by atoms with Gasteiger partial charge in [-0.1, -0.05) is 6.07 Å². The Hall–Kier alpha value is -0.950. The largest absolute Gasteiger partial charge is 0.457 e. The van der Waals surface area contributed by atoms with Gasteiger partial charge in [-0.05, 0) is 27.6 Å². The van der Waals surface area contributed by atoms with Crippen molar-refractivity contribution in [1.29, 1.82) is 0 Å². The molecule has 112 valence electrons. The number of halogens is 1. The average molecular weight is 353 g/mol. The molecule has 3 heterocycles. The summed E-state index contributed by atoms with van der Waals surface area (Å²) in [6, 6.07) is 4.33. The predicted molar refractivity (Wildman–Crippen MR) is 80.2 cm³/mol. The summed E-state index contributed by atoms with van der Waals surface area (Å²) in [5.74, 6) is -0.232. The van der Waals surface area contributed by atoms with Crippen LogP contribution in [0.2, 0.25) is 0 Å². The number of esters is 1. The van der Waals surface area contributed by atoms with E-state index in [1.807, 2.05) is 12.1 Å². The molecule has 4 rings (SSSR count). The molecule has 2 fully saturated rings. The molecule has 6 heteroatoms. The molecule has 3 aliphatic heterocycles. The summed E-state index contributed by atoms with van der Waals surface area (Å²) in [7, 11) is 0. The zero-order valence-electron chi connectivity index (χ0n) is 11.6. The van der Waals surface area contributed by atoms with Gasteiger partial charge in [-0.15, -0.1) is 0 Å². The number of morpholine rings is 1. The Morgan fingerprint density at radius 3 is 3.19 bits per heavy atom. The van der Waals surface area contributed by atoms with Crippen molar-refractivity contribution in [2.75, 3.05) is 32.8 Å².